The fourth-order valence-electron chi connectivity index (χ4n) is 4.00. The van der Waals surface area contributed by atoms with Crippen LogP contribution in [-0.4, -0.2) is 19.2 Å². The molecule has 21 heavy (non-hydrogen) atoms. The van der Waals surface area contributed by atoms with E-state index in [1.54, 1.807) is 6.07 Å². The van der Waals surface area contributed by atoms with E-state index in [2.05, 4.69) is 10.6 Å². The predicted octanol–water partition coefficient (Wildman–Crippen LogP) is 3.40. The van der Waals surface area contributed by atoms with Gasteiger partial charge in [-0.25, -0.2) is 9.18 Å². The molecule has 6 heteroatoms. The summed E-state index contributed by atoms with van der Waals surface area (Å²) < 4.78 is 20.2. The molecule has 112 valence electrons. The highest BCUT2D eigenvalue weighted by Gasteiger charge is 2.54. The number of hydrogen-bond donors (Lipinski definition) is 2. The minimum atomic E-state index is -0.953. The molecular formula is C15H16ClFN2O2. The van der Waals surface area contributed by atoms with Crippen molar-refractivity contribution in [2.45, 2.75) is 31.3 Å². The largest absolute Gasteiger partial charge is 0.436 e. The van der Waals surface area contributed by atoms with Gasteiger partial charge in [-0.3, -0.25) is 5.32 Å². The number of halogens is 2. The minimum Gasteiger partial charge on any atom is -0.436 e. The molecule has 2 aliphatic heterocycles. The summed E-state index contributed by atoms with van der Waals surface area (Å²) in [7, 11) is 0. The highest BCUT2D eigenvalue weighted by Crippen LogP contribution is 2.54. The first-order chi connectivity index (χ1) is 10.0. The lowest BCUT2D eigenvalue weighted by Crippen LogP contribution is -2.58. The number of hydrogen-bond acceptors (Lipinski definition) is 3. The molecule has 1 aromatic carbocycles. The first kappa shape index (κ1) is 13.3. The van der Waals surface area contributed by atoms with Crippen molar-refractivity contribution in [3.05, 3.63) is 28.5 Å². The number of amides is 1. The van der Waals surface area contributed by atoms with Crippen LogP contribution in [0.25, 0.3) is 0 Å². The smallest absolute Gasteiger partial charge is 0.412 e. The third-order valence-corrected chi connectivity index (χ3v) is 5.35. The molecule has 2 heterocycles. The summed E-state index contributed by atoms with van der Waals surface area (Å²) in [5, 5.41) is 5.96. The maximum atomic E-state index is 14.6. The van der Waals surface area contributed by atoms with Gasteiger partial charge >= 0.3 is 6.09 Å². The topological polar surface area (TPSA) is 50.4 Å². The van der Waals surface area contributed by atoms with Crippen LogP contribution in [0.5, 0.6) is 0 Å². The number of carbonyl (C=O) groups excluding carboxylic acids is 1. The van der Waals surface area contributed by atoms with Crippen molar-refractivity contribution in [1.82, 2.24) is 5.32 Å². The van der Waals surface area contributed by atoms with Crippen LogP contribution in [0.3, 0.4) is 0 Å². The second kappa shape index (κ2) is 4.34. The van der Waals surface area contributed by atoms with Crippen molar-refractivity contribution in [3.8, 4) is 0 Å². The van der Waals surface area contributed by atoms with Crippen LogP contribution in [0.1, 0.15) is 31.2 Å². The third kappa shape index (κ3) is 1.87. The van der Waals surface area contributed by atoms with Crippen LogP contribution in [0.15, 0.2) is 12.1 Å². The maximum Gasteiger partial charge on any atom is 0.412 e. The fourth-order valence-corrected chi connectivity index (χ4v) is 4.16. The van der Waals surface area contributed by atoms with Crippen molar-refractivity contribution < 1.29 is 13.9 Å². The molecule has 1 aliphatic carbocycles. The number of piperidine rings is 1. The number of fused-ring (bicyclic) bond motifs is 2. The molecule has 0 radical (unpaired) electrons. The van der Waals surface area contributed by atoms with Gasteiger partial charge in [-0.2, -0.15) is 0 Å². The van der Waals surface area contributed by atoms with E-state index < -0.39 is 17.5 Å². The van der Waals surface area contributed by atoms with Gasteiger partial charge in [0.1, 0.15) is 0 Å². The molecule has 1 saturated heterocycles. The Kier molecular flexibility index (Phi) is 2.75. The van der Waals surface area contributed by atoms with Crippen LogP contribution < -0.4 is 10.6 Å². The molecule has 1 saturated carbocycles. The zero-order chi connectivity index (χ0) is 14.7. The van der Waals surface area contributed by atoms with Gasteiger partial charge in [0.15, 0.2) is 11.4 Å². The minimum absolute atomic E-state index is 0.0566. The van der Waals surface area contributed by atoms with Gasteiger partial charge < -0.3 is 10.1 Å². The Morgan fingerprint density at radius 1 is 1.29 bits per heavy atom. The van der Waals surface area contributed by atoms with Gasteiger partial charge in [0.2, 0.25) is 0 Å². The highest BCUT2D eigenvalue weighted by atomic mass is 35.5. The summed E-state index contributed by atoms with van der Waals surface area (Å²) in [6.45, 7) is 1.32. The van der Waals surface area contributed by atoms with Gasteiger partial charge in [0.25, 0.3) is 0 Å². The predicted molar refractivity (Wildman–Crippen MR) is 77.0 cm³/mol. The van der Waals surface area contributed by atoms with E-state index in [0.717, 1.165) is 19.4 Å². The van der Waals surface area contributed by atoms with E-state index in [4.69, 9.17) is 16.3 Å². The van der Waals surface area contributed by atoms with E-state index in [1.165, 1.54) is 12.5 Å². The number of benzene rings is 1. The van der Waals surface area contributed by atoms with E-state index in [-0.39, 0.29) is 10.4 Å². The molecule has 0 aromatic heterocycles. The van der Waals surface area contributed by atoms with Crippen LogP contribution in [0.2, 0.25) is 5.02 Å². The number of nitrogens with one attached hydrogen (secondary N) is 2. The lowest BCUT2D eigenvalue weighted by molar-refractivity contribution is -0.0771. The molecule has 4 nitrogen and oxygen atoms in total. The second-order valence-electron chi connectivity index (χ2n) is 6.43. The molecule has 1 amide bonds. The molecule has 2 N–H and O–H groups in total. The Bertz CT molecular complexity index is 632. The summed E-state index contributed by atoms with van der Waals surface area (Å²) in [6.07, 6.45) is 3.48. The third-order valence-electron chi connectivity index (χ3n) is 5.06. The summed E-state index contributed by atoms with van der Waals surface area (Å²) in [5.41, 5.74) is 0.00660. The summed E-state index contributed by atoms with van der Waals surface area (Å²) in [5.74, 6) is -0.493. The van der Waals surface area contributed by atoms with Crippen molar-refractivity contribution in [2.24, 2.45) is 5.41 Å². The number of rotatable bonds is 0. The standard InChI is InChI=1S/C15H16ClFN2O2/c16-9-2-3-10-11(12(9)17)15(21-13(20)19-10)6-14(4-1-5-14)7-18-8-15/h2-3,18H,1,4-8H2,(H,19,20)/t15-/m1/s1. The summed E-state index contributed by atoms with van der Waals surface area (Å²) in [4.78, 5) is 11.9. The van der Waals surface area contributed by atoms with Gasteiger partial charge in [0, 0.05) is 13.1 Å². The van der Waals surface area contributed by atoms with Crippen LogP contribution in [-0.2, 0) is 10.3 Å². The van der Waals surface area contributed by atoms with Crippen LogP contribution >= 0.6 is 11.6 Å². The van der Waals surface area contributed by atoms with E-state index in [0.29, 0.717) is 24.2 Å². The lowest BCUT2D eigenvalue weighted by atomic mass is 9.60. The number of anilines is 1. The van der Waals surface area contributed by atoms with E-state index in [9.17, 15) is 9.18 Å². The maximum absolute atomic E-state index is 14.6. The zero-order valence-corrected chi connectivity index (χ0v) is 12.2. The molecule has 4 rings (SSSR count). The lowest BCUT2D eigenvalue weighted by Gasteiger charge is -2.53. The highest BCUT2D eigenvalue weighted by molar-refractivity contribution is 6.31. The Morgan fingerprint density at radius 2 is 2.10 bits per heavy atom. The molecule has 0 bridgehead atoms. The quantitative estimate of drug-likeness (QED) is 0.772. The van der Waals surface area contributed by atoms with Crippen molar-refractivity contribution in [1.29, 1.82) is 0 Å². The molecule has 2 fully saturated rings. The van der Waals surface area contributed by atoms with Gasteiger partial charge in [-0.1, -0.05) is 18.0 Å². The normalized spacial score (nSPS) is 29.5. The molecule has 1 atom stereocenters. The van der Waals surface area contributed by atoms with Crippen LogP contribution in [0.4, 0.5) is 14.9 Å². The van der Waals surface area contributed by atoms with Crippen molar-refractivity contribution >= 4 is 23.4 Å². The summed E-state index contributed by atoms with van der Waals surface area (Å²) >= 11 is 5.94. The molecule has 3 aliphatic rings. The fraction of sp³-hybridized carbons (Fsp3) is 0.533. The SMILES string of the molecule is O=C1Nc2ccc(Cl)c(F)c2[C@@]2(CNCC3(CCC3)C2)O1. The Balaban J connectivity index is 1.86. The van der Waals surface area contributed by atoms with Gasteiger partial charge in [0.05, 0.1) is 16.3 Å². The average Bonchev–Trinajstić information content (AvgIpc) is 2.41. The monoisotopic (exact) mass is 310 g/mol. The van der Waals surface area contributed by atoms with E-state index in [1.807, 2.05) is 0 Å². The van der Waals surface area contributed by atoms with Gasteiger partial charge in [-0.05, 0) is 36.8 Å². The molecule has 0 unspecified atom stereocenters. The molecular weight excluding hydrogens is 295 g/mol. The Morgan fingerprint density at radius 3 is 2.81 bits per heavy atom. The first-order valence-electron chi connectivity index (χ1n) is 7.23. The van der Waals surface area contributed by atoms with E-state index >= 15 is 0 Å². The first-order valence-corrected chi connectivity index (χ1v) is 7.61. The summed E-state index contributed by atoms with van der Waals surface area (Å²) in [6, 6.07) is 3.11. The molecule has 2 spiro atoms. The molecule has 1 aromatic rings. The van der Waals surface area contributed by atoms with Crippen molar-refractivity contribution in [3.63, 3.8) is 0 Å². The number of ether oxygens (including phenoxy) is 1. The zero-order valence-electron chi connectivity index (χ0n) is 11.5. The Hall–Kier alpha value is -1.33. The Labute approximate surface area is 127 Å². The number of carbonyl (C=O) groups is 1. The van der Waals surface area contributed by atoms with Crippen LogP contribution in [0, 0.1) is 11.2 Å². The van der Waals surface area contributed by atoms with Gasteiger partial charge in [-0.15, -0.1) is 0 Å². The average molecular weight is 311 g/mol. The van der Waals surface area contributed by atoms with Crippen molar-refractivity contribution in [2.75, 3.05) is 18.4 Å². The second-order valence-corrected chi connectivity index (χ2v) is 6.83.